The lowest BCUT2D eigenvalue weighted by atomic mass is 10.0. The molecule has 13 nitrogen and oxygen atoms in total. The number of anilines is 2. The predicted molar refractivity (Wildman–Crippen MR) is 231 cm³/mol. The third kappa shape index (κ3) is 12.5. The molecule has 0 radical (unpaired) electrons. The Morgan fingerprint density at radius 1 is 0.600 bits per heavy atom. The van der Waals surface area contributed by atoms with Crippen LogP contribution >= 0.6 is 23.2 Å². The minimum Gasteiger partial charge on any atom is -0.491 e. The molecule has 0 bridgehead atoms. The molecular weight excluding hydrogens is 852 g/mol. The fraction of sp³-hybridized carbons (Fsp3) is 0.163. The topological polar surface area (TPSA) is 182 Å². The Bertz CT molecular complexity index is 2650. The van der Waals surface area contributed by atoms with Crippen LogP contribution in [0.1, 0.15) is 67.0 Å². The van der Waals surface area contributed by atoms with E-state index in [0.29, 0.717) is 22.1 Å². The van der Waals surface area contributed by atoms with Crippen molar-refractivity contribution < 1.29 is 45.8 Å². The number of sulfonamides is 2. The Morgan fingerprint density at radius 2 is 0.967 bits per heavy atom. The Morgan fingerprint density at radius 3 is 1.33 bits per heavy atom. The van der Waals surface area contributed by atoms with Crippen LogP contribution in [0.2, 0.25) is 10.0 Å². The lowest BCUT2D eigenvalue weighted by Crippen LogP contribution is -2.28. The molecule has 0 fully saturated rings. The normalized spacial score (nSPS) is 11.1. The van der Waals surface area contributed by atoms with Gasteiger partial charge in [-0.05, 0) is 125 Å². The SMILES string of the molecule is C.CC(C)Oc1ccc(S(=O)(=O)Nc2ccc(Cl)cc2C(=O)c2cc[n+](O)cc2)cc1.CC(C)Oc1ccc(S(=O)(=O)Nc2ccc(Cl)cc2C(=O)c2ccncc2)cc1. The van der Waals surface area contributed by atoms with Crippen molar-refractivity contribution in [1.29, 1.82) is 0 Å². The second-order valence-electron chi connectivity index (χ2n) is 13.2. The van der Waals surface area contributed by atoms with Gasteiger partial charge in [0, 0.05) is 61.6 Å². The lowest BCUT2D eigenvalue weighted by molar-refractivity contribution is -0.904. The van der Waals surface area contributed by atoms with E-state index in [2.05, 4.69) is 14.4 Å². The number of pyridine rings is 2. The first kappa shape index (κ1) is 46.7. The van der Waals surface area contributed by atoms with E-state index in [1.165, 1.54) is 97.6 Å². The Labute approximate surface area is 359 Å². The van der Waals surface area contributed by atoms with E-state index < -0.39 is 25.8 Å². The number of nitrogens with one attached hydrogen (secondary N) is 2. The summed E-state index contributed by atoms with van der Waals surface area (Å²) < 4.78 is 68.1. The van der Waals surface area contributed by atoms with Crippen molar-refractivity contribution in [3.8, 4) is 11.5 Å². The third-order valence-corrected chi connectivity index (χ3v) is 11.2. The summed E-state index contributed by atoms with van der Waals surface area (Å²) in [4.78, 5) is 29.7. The van der Waals surface area contributed by atoms with Gasteiger partial charge in [0.1, 0.15) is 11.5 Å². The highest BCUT2D eigenvalue weighted by atomic mass is 35.5. The van der Waals surface area contributed by atoms with Crippen LogP contribution < -0.4 is 23.6 Å². The molecule has 60 heavy (non-hydrogen) atoms. The summed E-state index contributed by atoms with van der Waals surface area (Å²) in [5, 5.41) is 9.94. The summed E-state index contributed by atoms with van der Waals surface area (Å²) in [7, 11) is -7.88. The van der Waals surface area contributed by atoms with Gasteiger partial charge < -0.3 is 9.47 Å². The monoisotopic (exact) mass is 893 g/mol. The highest BCUT2D eigenvalue weighted by molar-refractivity contribution is 7.93. The molecule has 0 saturated heterocycles. The minimum absolute atomic E-state index is 0. The molecule has 6 rings (SSSR count). The van der Waals surface area contributed by atoms with Crippen LogP contribution in [0.25, 0.3) is 0 Å². The third-order valence-electron chi connectivity index (χ3n) is 7.97. The maximum absolute atomic E-state index is 12.9. The van der Waals surface area contributed by atoms with E-state index in [0.717, 1.165) is 4.73 Å². The predicted octanol–water partition coefficient (Wildman–Crippen LogP) is 8.87. The van der Waals surface area contributed by atoms with Crippen molar-refractivity contribution in [2.24, 2.45) is 0 Å². The maximum Gasteiger partial charge on any atom is 0.261 e. The standard InChI is InChI=1S/C21H19ClN2O5S.C21H19ClN2O4S.CH4/c1-14(2)29-17-4-6-18(7-5-17)30(27,28)23-20-8-3-16(22)13-19(20)21(25)15-9-11-24(26)12-10-15;1-14(2)28-17-4-6-18(7-5-17)29(26,27)24-20-8-3-16(22)13-19(20)21(25)15-9-11-23-12-10-15;/h3-14H,1-2H3,(H-,23,25,26);3-14,24H,1-2H3;1H4/p+1. The first-order chi connectivity index (χ1) is 27.9. The van der Waals surface area contributed by atoms with Crippen LogP contribution in [-0.4, -0.2) is 50.8 Å². The smallest absolute Gasteiger partial charge is 0.261 e. The summed E-state index contributed by atoms with van der Waals surface area (Å²) >= 11 is 12.1. The van der Waals surface area contributed by atoms with Crippen LogP contribution in [0.4, 0.5) is 11.4 Å². The van der Waals surface area contributed by atoms with Crippen LogP contribution in [0.5, 0.6) is 11.5 Å². The second-order valence-corrected chi connectivity index (χ2v) is 17.5. The van der Waals surface area contributed by atoms with E-state index >= 15 is 0 Å². The van der Waals surface area contributed by atoms with Crippen molar-refractivity contribution in [3.05, 3.63) is 166 Å². The molecule has 6 aromatic rings. The molecular formula is C43H43Cl2N4O9S2+. The number of carbonyl (C=O) groups excluding carboxylic acids is 2. The molecule has 17 heteroatoms. The number of hydrogen-bond acceptors (Lipinski definition) is 10. The molecule has 0 aliphatic rings. The summed E-state index contributed by atoms with van der Waals surface area (Å²) in [5.74, 6) is 0.306. The average molecular weight is 895 g/mol. The van der Waals surface area contributed by atoms with Crippen molar-refractivity contribution in [2.45, 2.75) is 57.1 Å². The van der Waals surface area contributed by atoms with Crippen LogP contribution in [0, 0.1) is 0 Å². The summed E-state index contributed by atoms with van der Waals surface area (Å²) in [6.45, 7) is 7.51. The van der Waals surface area contributed by atoms with Gasteiger partial charge in [-0.3, -0.25) is 29.2 Å². The Kier molecular flexibility index (Phi) is 15.8. The summed E-state index contributed by atoms with van der Waals surface area (Å²) in [6, 6.07) is 26.7. The number of hydrogen-bond donors (Lipinski definition) is 3. The fourth-order valence-electron chi connectivity index (χ4n) is 5.32. The van der Waals surface area contributed by atoms with Crippen molar-refractivity contribution in [1.82, 2.24) is 4.98 Å². The first-order valence-corrected chi connectivity index (χ1v) is 21.5. The molecule has 3 N–H and O–H groups in total. The molecule has 0 aliphatic heterocycles. The Balaban J connectivity index is 0.000000260. The van der Waals surface area contributed by atoms with Crippen molar-refractivity contribution >= 4 is 66.2 Å². The minimum atomic E-state index is -3.96. The van der Waals surface area contributed by atoms with E-state index in [9.17, 15) is 31.6 Å². The number of ether oxygens (including phenoxy) is 2. The molecule has 2 aromatic heterocycles. The zero-order chi connectivity index (χ0) is 42.9. The van der Waals surface area contributed by atoms with Gasteiger partial charge in [-0.25, -0.2) is 16.8 Å². The van der Waals surface area contributed by atoms with E-state index in [1.54, 1.807) is 36.4 Å². The van der Waals surface area contributed by atoms with Crippen molar-refractivity contribution in [3.63, 3.8) is 0 Å². The molecule has 0 aliphatic carbocycles. The molecule has 314 valence electrons. The van der Waals surface area contributed by atoms with Gasteiger partial charge in [-0.15, -0.1) is 0 Å². The van der Waals surface area contributed by atoms with Crippen LogP contribution in [-0.2, 0) is 20.0 Å². The van der Waals surface area contributed by atoms with Gasteiger partial charge in [-0.2, -0.15) is 0 Å². The molecule has 2 heterocycles. The lowest BCUT2D eigenvalue weighted by Gasteiger charge is -2.14. The van der Waals surface area contributed by atoms with Gasteiger partial charge in [0.05, 0.1) is 33.4 Å². The number of rotatable bonds is 14. The molecule has 0 saturated carbocycles. The summed E-state index contributed by atoms with van der Waals surface area (Å²) in [5.41, 5.74) is 1.09. The molecule has 0 unspecified atom stereocenters. The molecule has 0 atom stereocenters. The van der Waals surface area contributed by atoms with Crippen LogP contribution in [0.15, 0.2) is 144 Å². The molecule has 0 spiro atoms. The Hall–Kier alpha value is -6.00. The van der Waals surface area contributed by atoms with Gasteiger partial charge in [-0.1, -0.05) is 30.6 Å². The van der Waals surface area contributed by atoms with E-state index in [-0.39, 0.29) is 68.3 Å². The summed E-state index contributed by atoms with van der Waals surface area (Å²) in [6.07, 6.45) is 5.51. The maximum atomic E-state index is 12.9. The second kappa shape index (κ2) is 20.3. The highest BCUT2D eigenvalue weighted by Gasteiger charge is 2.23. The van der Waals surface area contributed by atoms with Gasteiger partial charge in [0.2, 0.25) is 12.4 Å². The highest BCUT2D eigenvalue weighted by Crippen LogP contribution is 2.29. The number of nitrogens with zero attached hydrogens (tertiary/aromatic N) is 2. The quantitative estimate of drug-likeness (QED) is 0.0543. The van der Waals surface area contributed by atoms with Gasteiger partial charge in [0.15, 0.2) is 11.6 Å². The van der Waals surface area contributed by atoms with E-state index in [1.807, 2.05) is 27.7 Å². The zero-order valence-corrected chi connectivity index (χ0v) is 35.2. The number of carbonyl (C=O) groups is 2. The largest absolute Gasteiger partial charge is 0.491 e. The number of ketones is 2. The number of aromatic nitrogens is 2. The molecule has 4 aromatic carbocycles. The molecule has 0 amide bonds. The first-order valence-electron chi connectivity index (χ1n) is 17.8. The number of benzene rings is 4. The van der Waals surface area contributed by atoms with E-state index in [4.69, 9.17) is 32.7 Å². The van der Waals surface area contributed by atoms with Crippen LogP contribution in [0.3, 0.4) is 0 Å². The fourth-order valence-corrected chi connectivity index (χ4v) is 7.82. The number of halogens is 2. The average Bonchev–Trinajstić information content (AvgIpc) is 3.19. The van der Waals surface area contributed by atoms with Gasteiger partial charge in [0.25, 0.3) is 20.0 Å². The van der Waals surface area contributed by atoms with Gasteiger partial charge >= 0.3 is 0 Å². The zero-order valence-electron chi connectivity index (χ0n) is 32.0. The van der Waals surface area contributed by atoms with Crippen molar-refractivity contribution in [2.75, 3.05) is 9.44 Å².